The molecular formula is C20H18FN7OS. The number of nitrogens with one attached hydrogen (secondary N) is 1. The number of hydrogen-bond acceptors (Lipinski definition) is 7. The Morgan fingerprint density at radius 3 is 3.10 bits per heavy atom. The van der Waals surface area contributed by atoms with Crippen LogP contribution in [0, 0.1) is 5.82 Å². The zero-order valence-electron chi connectivity index (χ0n) is 16.0. The molecule has 0 bridgehead atoms. The maximum Gasteiger partial charge on any atom is 0.280 e. The third-order valence-electron chi connectivity index (χ3n) is 4.97. The topological polar surface area (TPSA) is 88.8 Å². The minimum atomic E-state index is -0.247. The van der Waals surface area contributed by atoms with Crippen molar-refractivity contribution in [2.75, 3.05) is 18.0 Å². The van der Waals surface area contributed by atoms with Gasteiger partial charge in [-0.3, -0.25) is 9.48 Å². The normalized spacial score (nSPS) is 13.0. The number of benzene rings is 1. The Bertz CT molecular complexity index is 1210. The van der Waals surface area contributed by atoms with Crippen LogP contribution < -0.4 is 10.2 Å². The smallest absolute Gasteiger partial charge is 0.280 e. The number of carbonyl (C=O) groups excluding carboxylic acids is 1. The molecule has 1 aliphatic rings. The second-order valence-electron chi connectivity index (χ2n) is 6.92. The lowest BCUT2D eigenvalue weighted by Crippen LogP contribution is -2.25. The first kappa shape index (κ1) is 18.6. The van der Waals surface area contributed by atoms with Gasteiger partial charge in [0.15, 0.2) is 10.8 Å². The first-order valence-corrected chi connectivity index (χ1v) is 10.4. The molecule has 0 spiro atoms. The van der Waals surface area contributed by atoms with Crippen molar-refractivity contribution in [3.8, 4) is 0 Å². The monoisotopic (exact) mass is 423 g/mol. The molecular weight excluding hydrogens is 405 g/mol. The predicted octanol–water partition coefficient (Wildman–Crippen LogP) is 2.94. The molecule has 0 saturated carbocycles. The van der Waals surface area contributed by atoms with Gasteiger partial charge in [0.2, 0.25) is 0 Å². The summed E-state index contributed by atoms with van der Waals surface area (Å²) < 4.78 is 15.4. The second kappa shape index (κ2) is 7.79. The highest BCUT2D eigenvalue weighted by Crippen LogP contribution is 2.37. The van der Waals surface area contributed by atoms with E-state index < -0.39 is 0 Å². The van der Waals surface area contributed by atoms with Gasteiger partial charge in [-0.25, -0.2) is 19.3 Å². The largest absolute Gasteiger partial charge is 0.350 e. The minimum Gasteiger partial charge on any atom is -0.350 e. The van der Waals surface area contributed by atoms with Crippen LogP contribution in [0.1, 0.15) is 21.8 Å². The summed E-state index contributed by atoms with van der Waals surface area (Å²) in [5.74, 6) is 0.163. The summed E-state index contributed by atoms with van der Waals surface area (Å²) in [6.45, 7) is 1.94. The van der Waals surface area contributed by atoms with Crippen molar-refractivity contribution in [3.05, 3.63) is 59.4 Å². The molecule has 0 radical (unpaired) electrons. The summed E-state index contributed by atoms with van der Waals surface area (Å²) in [5.41, 5.74) is 2.43. The van der Waals surface area contributed by atoms with Crippen molar-refractivity contribution < 1.29 is 9.18 Å². The molecule has 0 unspecified atom stereocenters. The molecule has 1 aliphatic heterocycles. The maximum absolute atomic E-state index is 13.5. The first-order chi connectivity index (χ1) is 14.7. The van der Waals surface area contributed by atoms with Crippen LogP contribution in [0.2, 0.25) is 0 Å². The Morgan fingerprint density at radius 1 is 1.30 bits per heavy atom. The number of thiazole rings is 1. The number of rotatable bonds is 6. The Balaban J connectivity index is 1.34. The number of hydrogen-bond donors (Lipinski definition) is 1. The molecule has 152 valence electrons. The number of fused-ring (bicyclic) bond motifs is 2. The summed E-state index contributed by atoms with van der Waals surface area (Å²) in [4.78, 5) is 28.4. The van der Waals surface area contributed by atoms with E-state index in [0.717, 1.165) is 30.6 Å². The fourth-order valence-corrected chi connectivity index (χ4v) is 4.40. The fourth-order valence-electron chi connectivity index (χ4n) is 3.58. The van der Waals surface area contributed by atoms with Gasteiger partial charge in [0.1, 0.15) is 22.5 Å². The lowest BCUT2D eigenvalue weighted by atomic mass is 10.2. The lowest BCUT2D eigenvalue weighted by Gasteiger charge is -2.18. The van der Waals surface area contributed by atoms with Gasteiger partial charge in [-0.1, -0.05) is 11.3 Å². The molecule has 8 nitrogen and oxygen atoms in total. The molecule has 3 aromatic heterocycles. The minimum absolute atomic E-state index is 0.228. The van der Waals surface area contributed by atoms with Crippen molar-refractivity contribution in [2.45, 2.75) is 19.4 Å². The zero-order valence-corrected chi connectivity index (χ0v) is 16.8. The highest BCUT2D eigenvalue weighted by atomic mass is 32.1. The molecule has 0 aliphatic carbocycles. The summed E-state index contributed by atoms with van der Waals surface area (Å²) in [6, 6.07) is 6.62. The van der Waals surface area contributed by atoms with E-state index in [2.05, 4.69) is 25.4 Å². The number of amides is 1. The molecule has 1 amide bonds. The van der Waals surface area contributed by atoms with Gasteiger partial charge in [0, 0.05) is 37.7 Å². The predicted molar refractivity (Wildman–Crippen MR) is 111 cm³/mol. The molecule has 0 fully saturated rings. The molecule has 30 heavy (non-hydrogen) atoms. The van der Waals surface area contributed by atoms with E-state index in [-0.39, 0.29) is 11.7 Å². The van der Waals surface area contributed by atoms with Crippen molar-refractivity contribution in [2.24, 2.45) is 0 Å². The quantitative estimate of drug-likeness (QED) is 0.480. The molecule has 0 atom stereocenters. The van der Waals surface area contributed by atoms with Crippen LogP contribution in [-0.2, 0) is 13.0 Å². The molecule has 10 heteroatoms. The third-order valence-corrected chi connectivity index (χ3v) is 5.93. The van der Waals surface area contributed by atoms with E-state index in [1.54, 1.807) is 18.3 Å². The third kappa shape index (κ3) is 3.50. The van der Waals surface area contributed by atoms with Gasteiger partial charge in [-0.15, -0.1) is 0 Å². The van der Waals surface area contributed by atoms with Gasteiger partial charge in [-0.05, 0) is 42.7 Å². The Hall–Kier alpha value is -3.40. The Morgan fingerprint density at radius 2 is 2.23 bits per heavy atom. The van der Waals surface area contributed by atoms with E-state index in [4.69, 9.17) is 0 Å². The van der Waals surface area contributed by atoms with Gasteiger partial charge in [0.05, 0.1) is 0 Å². The number of halogens is 1. The van der Waals surface area contributed by atoms with E-state index in [1.807, 2.05) is 21.8 Å². The van der Waals surface area contributed by atoms with Gasteiger partial charge in [-0.2, -0.15) is 5.10 Å². The van der Waals surface area contributed by atoms with Crippen LogP contribution in [0.4, 0.5) is 15.9 Å². The van der Waals surface area contributed by atoms with Crippen LogP contribution in [0.15, 0.2) is 43.0 Å². The highest BCUT2D eigenvalue weighted by molar-refractivity contribution is 7.19. The number of aryl methyl sites for hydroxylation is 1. The van der Waals surface area contributed by atoms with Crippen LogP contribution in [-0.4, -0.2) is 43.7 Å². The van der Waals surface area contributed by atoms with Crippen LogP contribution in [0.25, 0.3) is 10.3 Å². The summed E-state index contributed by atoms with van der Waals surface area (Å²) >= 11 is 1.24. The van der Waals surface area contributed by atoms with Crippen LogP contribution >= 0.6 is 11.3 Å². The van der Waals surface area contributed by atoms with Crippen molar-refractivity contribution in [3.63, 3.8) is 0 Å². The summed E-state index contributed by atoms with van der Waals surface area (Å²) in [5, 5.41) is 7.39. The molecule has 0 saturated heterocycles. The molecule has 1 N–H and O–H groups in total. The average molecular weight is 423 g/mol. The van der Waals surface area contributed by atoms with Gasteiger partial charge >= 0.3 is 0 Å². The SMILES string of the molecule is O=C(NCCCn1cccn1)c1nc2c(N3CCc4cc(F)ccc43)ncnc2s1. The van der Waals surface area contributed by atoms with Gasteiger partial charge < -0.3 is 10.2 Å². The molecule has 4 heterocycles. The van der Waals surface area contributed by atoms with Crippen molar-refractivity contribution in [1.29, 1.82) is 0 Å². The number of nitrogens with zero attached hydrogens (tertiary/aromatic N) is 6. The lowest BCUT2D eigenvalue weighted by molar-refractivity contribution is 0.0952. The highest BCUT2D eigenvalue weighted by Gasteiger charge is 2.25. The standard InChI is InChI=1S/C20H18FN7OS/c21-14-3-4-15-13(11-14)5-10-28(15)17-16-19(24-12-23-17)30-20(26-16)18(29)22-6-1-8-27-9-2-7-25-27/h2-4,7,9,11-12H,1,5-6,8,10H2,(H,22,29). The molecule has 1 aromatic carbocycles. The number of carbonyl (C=O) groups is 1. The van der Waals surface area contributed by atoms with E-state index in [1.165, 1.54) is 23.7 Å². The van der Waals surface area contributed by atoms with Crippen LogP contribution in [0.5, 0.6) is 0 Å². The molecule has 5 rings (SSSR count). The number of anilines is 2. The van der Waals surface area contributed by atoms with Gasteiger partial charge in [0.25, 0.3) is 5.91 Å². The Labute approximate surface area is 175 Å². The van der Waals surface area contributed by atoms with E-state index in [0.29, 0.717) is 34.3 Å². The van der Waals surface area contributed by atoms with Crippen LogP contribution in [0.3, 0.4) is 0 Å². The summed E-state index contributed by atoms with van der Waals surface area (Å²) in [7, 11) is 0. The van der Waals surface area contributed by atoms with E-state index >= 15 is 0 Å². The van der Waals surface area contributed by atoms with Crippen molar-refractivity contribution in [1.82, 2.24) is 30.0 Å². The molecule has 4 aromatic rings. The number of aromatic nitrogens is 5. The zero-order chi connectivity index (χ0) is 20.5. The average Bonchev–Trinajstić information content (AvgIpc) is 3.49. The first-order valence-electron chi connectivity index (χ1n) is 9.62. The fraction of sp³-hybridized carbons (Fsp3) is 0.250. The summed E-state index contributed by atoms with van der Waals surface area (Å²) in [6.07, 6.45) is 6.59. The second-order valence-corrected chi connectivity index (χ2v) is 7.90. The Kier molecular flexibility index (Phi) is 4.83. The van der Waals surface area contributed by atoms with E-state index in [9.17, 15) is 9.18 Å². The van der Waals surface area contributed by atoms with Crippen molar-refractivity contribution >= 4 is 39.1 Å². The maximum atomic E-state index is 13.5.